The van der Waals surface area contributed by atoms with Gasteiger partial charge in [-0.15, -0.1) is 0 Å². The van der Waals surface area contributed by atoms with Crippen molar-refractivity contribution in [3.63, 3.8) is 0 Å². The van der Waals surface area contributed by atoms with Crippen molar-refractivity contribution in [1.29, 1.82) is 0 Å². The van der Waals surface area contributed by atoms with Crippen LogP contribution in [0.4, 0.5) is 0 Å². The highest BCUT2D eigenvalue weighted by molar-refractivity contribution is 5.79. The van der Waals surface area contributed by atoms with Gasteiger partial charge in [0.25, 0.3) is 0 Å². The number of aromatic nitrogens is 2. The van der Waals surface area contributed by atoms with Gasteiger partial charge >= 0.3 is 0 Å². The highest BCUT2D eigenvalue weighted by atomic mass is 15.4. The number of unbranched alkanes of at least 4 members (excludes halogenated alkanes) is 1. The predicted octanol–water partition coefficient (Wildman–Crippen LogP) is 0.471. The maximum absolute atomic E-state index is 5.47. The molecule has 1 rings (SSSR count). The van der Waals surface area contributed by atoms with E-state index in [4.69, 9.17) is 5.84 Å². The lowest BCUT2D eigenvalue weighted by Crippen LogP contribution is -2.42. The van der Waals surface area contributed by atoms with Gasteiger partial charge in [-0.25, -0.2) is 5.84 Å². The van der Waals surface area contributed by atoms with Crippen LogP contribution in [-0.4, -0.2) is 34.2 Å². The summed E-state index contributed by atoms with van der Waals surface area (Å²) in [5, 5.41) is 4.13. The van der Waals surface area contributed by atoms with Gasteiger partial charge in [0, 0.05) is 38.9 Å². The first kappa shape index (κ1) is 13.5. The molecule has 1 aromatic heterocycles. The summed E-state index contributed by atoms with van der Waals surface area (Å²) in [6, 6.07) is 0. The third-order valence-electron chi connectivity index (χ3n) is 2.44. The summed E-state index contributed by atoms with van der Waals surface area (Å²) in [6.07, 6.45) is 6.03. The van der Waals surface area contributed by atoms with E-state index in [1.54, 1.807) is 4.68 Å². The fraction of sp³-hybridized carbons (Fsp3) is 0.636. The monoisotopic (exact) mass is 238 g/mol. The fourth-order valence-electron chi connectivity index (χ4n) is 1.52. The number of rotatable bonds is 5. The van der Waals surface area contributed by atoms with Crippen LogP contribution < -0.4 is 11.3 Å². The Balaban J connectivity index is 2.54. The van der Waals surface area contributed by atoms with E-state index in [-0.39, 0.29) is 0 Å². The van der Waals surface area contributed by atoms with Crippen LogP contribution in [0.15, 0.2) is 17.4 Å². The molecule has 0 aliphatic carbocycles. The second-order valence-electron chi connectivity index (χ2n) is 4.08. The minimum Gasteiger partial charge on any atom is -0.341 e. The minimum absolute atomic E-state index is 0.710. The summed E-state index contributed by atoms with van der Waals surface area (Å²) in [7, 11) is 3.86. The van der Waals surface area contributed by atoms with E-state index in [1.165, 1.54) is 0 Å². The molecule has 0 aliphatic heterocycles. The number of nitrogens with zero attached hydrogens (tertiary/aromatic N) is 4. The zero-order valence-electron chi connectivity index (χ0n) is 10.8. The van der Waals surface area contributed by atoms with E-state index in [1.807, 2.05) is 31.4 Å². The Hall–Kier alpha value is -1.56. The summed E-state index contributed by atoms with van der Waals surface area (Å²) < 4.78 is 1.78. The van der Waals surface area contributed by atoms with Crippen LogP contribution >= 0.6 is 0 Å². The Morgan fingerprint density at radius 3 is 2.94 bits per heavy atom. The van der Waals surface area contributed by atoms with Crippen molar-refractivity contribution in [2.45, 2.75) is 26.3 Å². The van der Waals surface area contributed by atoms with Crippen molar-refractivity contribution in [3.05, 3.63) is 18.0 Å². The zero-order valence-corrected chi connectivity index (χ0v) is 10.8. The van der Waals surface area contributed by atoms with E-state index in [0.717, 1.165) is 31.5 Å². The third-order valence-corrected chi connectivity index (χ3v) is 2.44. The molecular weight excluding hydrogens is 216 g/mol. The van der Waals surface area contributed by atoms with Gasteiger partial charge in [-0.05, 0) is 6.42 Å². The lowest BCUT2D eigenvalue weighted by Gasteiger charge is -2.19. The number of aryl methyl sites for hydroxylation is 1. The van der Waals surface area contributed by atoms with Crippen molar-refractivity contribution in [2.75, 3.05) is 13.6 Å². The molecule has 0 spiro atoms. The highest BCUT2D eigenvalue weighted by Crippen LogP contribution is 2.01. The average Bonchev–Trinajstić information content (AvgIpc) is 2.70. The van der Waals surface area contributed by atoms with Crippen LogP contribution in [0.25, 0.3) is 0 Å². The van der Waals surface area contributed by atoms with Gasteiger partial charge in [-0.2, -0.15) is 5.10 Å². The lowest BCUT2D eigenvalue weighted by molar-refractivity contribution is 0.476. The SMILES string of the molecule is CCCCN=C(NN)N(C)Cc1cnn(C)c1. The van der Waals surface area contributed by atoms with Gasteiger partial charge in [-0.1, -0.05) is 13.3 Å². The minimum atomic E-state index is 0.710. The summed E-state index contributed by atoms with van der Waals surface area (Å²) in [4.78, 5) is 6.39. The van der Waals surface area contributed by atoms with Gasteiger partial charge < -0.3 is 4.90 Å². The number of nitrogens with two attached hydrogens (primary N) is 1. The van der Waals surface area contributed by atoms with Gasteiger partial charge in [0.1, 0.15) is 0 Å². The molecule has 0 radical (unpaired) electrons. The number of hydrazine groups is 1. The van der Waals surface area contributed by atoms with Crippen LogP contribution in [0, 0.1) is 0 Å². The molecule has 0 aromatic carbocycles. The molecule has 0 fully saturated rings. The molecule has 0 saturated heterocycles. The highest BCUT2D eigenvalue weighted by Gasteiger charge is 2.06. The second kappa shape index (κ2) is 6.90. The second-order valence-corrected chi connectivity index (χ2v) is 4.08. The van der Waals surface area contributed by atoms with Crippen LogP contribution in [0.5, 0.6) is 0 Å². The Bertz CT molecular complexity index is 357. The number of aliphatic imine (C=N–C) groups is 1. The molecule has 17 heavy (non-hydrogen) atoms. The predicted molar refractivity (Wildman–Crippen MR) is 69.2 cm³/mol. The molecule has 0 unspecified atom stereocenters. The maximum atomic E-state index is 5.47. The molecular formula is C11H22N6. The molecule has 0 bridgehead atoms. The van der Waals surface area contributed by atoms with E-state index in [0.29, 0.717) is 5.96 Å². The van der Waals surface area contributed by atoms with Crippen molar-refractivity contribution < 1.29 is 0 Å². The molecule has 1 heterocycles. The maximum Gasteiger partial charge on any atom is 0.208 e. The van der Waals surface area contributed by atoms with E-state index >= 15 is 0 Å². The van der Waals surface area contributed by atoms with E-state index < -0.39 is 0 Å². The first-order valence-electron chi connectivity index (χ1n) is 5.87. The smallest absolute Gasteiger partial charge is 0.208 e. The number of hydrogen-bond acceptors (Lipinski definition) is 3. The first-order chi connectivity index (χ1) is 8.17. The van der Waals surface area contributed by atoms with Gasteiger partial charge in [-0.3, -0.25) is 15.1 Å². The Morgan fingerprint density at radius 1 is 1.65 bits per heavy atom. The quantitative estimate of drug-likeness (QED) is 0.257. The largest absolute Gasteiger partial charge is 0.341 e. The summed E-state index contributed by atoms with van der Waals surface area (Å²) >= 11 is 0. The molecule has 0 atom stereocenters. The Labute approximate surface area is 102 Å². The van der Waals surface area contributed by atoms with Gasteiger partial charge in [0.15, 0.2) is 0 Å². The normalized spacial score (nSPS) is 11.6. The molecule has 1 aromatic rings. The van der Waals surface area contributed by atoms with Crippen LogP contribution in [0.3, 0.4) is 0 Å². The molecule has 0 amide bonds. The zero-order chi connectivity index (χ0) is 12.7. The Kier molecular flexibility index (Phi) is 5.48. The third kappa shape index (κ3) is 4.44. The fourth-order valence-corrected chi connectivity index (χ4v) is 1.52. The number of nitrogens with one attached hydrogen (secondary N) is 1. The molecule has 6 heteroatoms. The standard InChI is InChI=1S/C11H22N6/c1-4-5-6-13-11(15-12)16(2)8-10-7-14-17(3)9-10/h7,9H,4-6,8,12H2,1-3H3,(H,13,15). The molecule has 3 N–H and O–H groups in total. The van der Waals surface area contributed by atoms with Crippen LogP contribution in [0.2, 0.25) is 0 Å². The topological polar surface area (TPSA) is 71.5 Å². The van der Waals surface area contributed by atoms with Gasteiger partial charge in [0.2, 0.25) is 5.96 Å². The first-order valence-corrected chi connectivity index (χ1v) is 5.87. The van der Waals surface area contributed by atoms with Crippen molar-refractivity contribution in [1.82, 2.24) is 20.1 Å². The summed E-state index contributed by atoms with van der Waals surface area (Å²) in [5.41, 5.74) is 3.77. The summed E-state index contributed by atoms with van der Waals surface area (Å²) in [5.74, 6) is 6.18. The average molecular weight is 238 g/mol. The summed E-state index contributed by atoms with van der Waals surface area (Å²) in [6.45, 7) is 3.68. The molecule has 6 nitrogen and oxygen atoms in total. The van der Waals surface area contributed by atoms with Crippen LogP contribution in [-0.2, 0) is 13.6 Å². The Morgan fingerprint density at radius 2 is 2.41 bits per heavy atom. The molecule has 96 valence electrons. The van der Waals surface area contributed by atoms with Crippen molar-refractivity contribution in [2.24, 2.45) is 17.9 Å². The van der Waals surface area contributed by atoms with Crippen LogP contribution in [0.1, 0.15) is 25.3 Å². The number of guanidine groups is 1. The van der Waals surface area contributed by atoms with E-state index in [2.05, 4.69) is 22.4 Å². The number of hydrogen-bond donors (Lipinski definition) is 2. The van der Waals surface area contributed by atoms with Crippen molar-refractivity contribution >= 4 is 5.96 Å². The lowest BCUT2D eigenvalue weighted by atomic mass is 10.3. The van der Waals surface area contributed by atoms with Crippen molar-refractivity contribution in [3.8, 4) is 0 Å². The molecule has 0 saturated carbocycles. The molecule has 0 aliphatic rings. The van der Waals surface area contributed by atoms with Gasteiger partial charge in [0.05, 0.1) is 6.20 Å². The van der Waals surface area contributed by atoms with E-state index in [9.17, 15) is 0 Å².